The number of aryl methyl sites for hydroxylation is 1. The minimum Gasteiger partial charge on any atom is -0.240 e. The summed E-state index contributed by atoms with van der Waals surface area (Å²) in [5, 5.41) is 5.08. The van der Waals surface area contributed by atoms with Gasteiger partial charge in [-0.15, -0.1) is 0 Å². The highest BCUT2D eigenvalue weighted by atomic mass is 15.1. The average Bonchev–Trinajstić information content (AvgIpc) is 3.72. The fraction of sp³-hybridized carbons (Fsp3) is 0.0426. The van der Waals surface area contributed by atoms with E-state index in [2.05, 4.69) is 180 Å². The molecule has 0 atom stereocenters. The van der Waals surface area contributed by atoms with Crippen LogP contribution in [0.15, 0.2) is 164 Å². The fourth-order valence-electron chi connectivity index (χ4n) is 8.18. The maximum absolute atomic E-state index is 3.63. The molecular formula is C47H33N2+. The second-order valence-corrected chi connectivity index (χ2v) is 13.1. The Bertz CT molecular complexity index is 2730. The molecule has 0 spiro atoms. The quantitative estimate of drug-likeness (QED) is 0.184. The largest absolute Gasteiger partial charge is 0.260 e. The molecule has 1 aromatic heterocycles. The third kappa shape index (κ3) is 4.24. The van der Waals surface area contributed by atoms with Crippen LogP contribution in [0.1, 0.15) is 12.7 Å². The molecule has 0 fully saturated rings. The monoisotopic (exact) mass is 625 g/mol. The Morgan fingerprint density at radius 3 is 1.88 bits per heavy atom. The second-order valence-electron chi connectivity index (χ2n) is 13.1. The Balaban J connectivity index is 1.24. The lowest BCUT2D eigenvalue weighted by atomic mass is 9.82. The Hall–Kier alpha value is -6.25. The van der Waals surface area contributed by atoms with E-state index in [4.69, 9.17) is 0 Å². The second kappa shape index (κ2) is 10.9. The number of aromatic nitrogens is 2. The number of hydrogen-bond acceptors (Lipinski definition) is 0. The zero-order valence-corrected chi connectivity index (χ0v) is 27.2. The highest BCUT2D eigenvalue weighted by Crippen LogP contribution is 2.57. The lowest BCUT2D eigenvalue weighted by Crippen LogP contribution is -2.33. The molecule has 1 aliphatic rings. The van der Waals surface area contributed by atoms with Crippen molar-refractivity contribution in [3.05, 3.63) is 170 Å². The molecule has 0 bridgehead atoms. The van der Waals surface area contributed by atoms with Crippen molar-refractivity contribution in [3.8, 4) is 61.3 Å². The number of aromatic amines is 1. The van der Waals surface area contributed by atoms with E-state index >= 15 is 0 Å². The molecular weight excluding hydrogens is 593 g/mol. The first-order valence-electron chi connectivity index (χ1n) is 17.2. The third-order valence-electron chi connectivity index (χ3n) is 10.3. The van der Waals surface area contributed by atoms with Crippen LogP contribution in [0.2, 0.25) is 0 Å². The molecule has 2 nitrogen and oxygen atoms in total. The van der Waals surface area contributed by atoms with Crippen LogP contribution in [0.4, 0.5) is 0 Å². The molecule has 9 aromatic rings. The topological polar surface area (TPSA) is 19.7 Å². The minimum atomic E-state index is 0.924. The van der Waals surface area contributed by atoms with E-state index in [1.165, 1.54) is 94.2 Å². The molecule has 0 amide bonds. The Morgan fingerprint density at radius 1 is 0.449 bits per heavy atom. The molecule has 230 valence electrons. The summed E-state index contributed by atoms with van der Waals surface area (Å²) < 4.78 is 2.36. The van der Waals surface area contributed by atoms with Gasteiger partial charge in [0.05, 0.1) is 0 Å². The molecule has 0 unspecified atom stereocenters. The molecule has 2 heteroatoms. The van der Waals surface area contributed by atoms with Crippen LogP contribution in [-0.2, 0) is 6.42 Å². The average molecular weight is 626 g/mol. The van der Waals surface area contributed by atoms with Gasteiger partial charge in [0, 0.05) is 6.42 Å². The molecule has 1 N–H and O–H groups in total. The zero-order valence-electron chi connectivity index (χ0n) is 27.2. The number of benzene rings is 8. The Morgan fingerprint density at radius 2 is 1.10 bits per heavy atom. The van der Waals surface area contributed by atoms with Gasteiger partial charge in [0.15, 0.2) is 11.0 Å². The summed E-state index contributed by atoms with van der Waals surface area (Å²) in [6, 6.07) is 60.3. The first-order valence-corrected chi connectivity index (χ1v) is 17.2. The maximum Gasteiger partial charge on any atom is 0.260 e. The van der Waals surface area contributed by atoms with Crippen molar-refractivity contribution in [3.63, 3.8) is 0 Å². The molecule has 0 aliphatic heterocycles. The smallest absolute Gasteiger partial charge is 0.240 e. The van der Waals surface area contributed by atoms with Gasteiger partial charge >= 0.3 is 0 Å². The highest BCUT2D eigenvalue weighted by molar-refractivity contribution is 6.22. The van der Waals surface area contributed by atoms with Crippen molar-refractivity contribution in [2.24, 2.45) is 0 Å². The highest BCUT2D eigenvalue weighted by Gasteiger charge is 2.30. The lowest BCUT2D eigenvalue weighted by Gasteiger charge is -2.21. The number of H-pyrrole nitrogens is 1. The first kappa shape index (κ1) is 27.8. The van der Waals surface area contributed by atoms with Crippen LogP contribution in [-0.4, -0.2) is 4.98 Å². The van der Waals surface area contributed by atoms with Crippen LogP contribution in [0.3, 0.4) is 0 Å². The van der Waals surface area contributed by atoms with Gasteiger partial charge in [-0.2, -0.15) is 4.57 Å². The van der Waals surface area contributed by atoms with Gasteiger partial charge in [0.2, 0.25) is 0 Å². The van der Waals surface area contributed by atoms with Gasteiger partial charge in [-0.05, 0) is 114 Å². The zero-order chi connectivity index (χ0) is 32.5. The van der Waals surface area contributed by atoms with E-state index in [1.807, 2.05) is 0 Å². The van der Waals surface area contributed by atoms with Crippen molar-refractivity contribution >= 4 is 32.6 Å². The molecule has 8 aromatic carbocycles. The molecule has 10 rings (SSSR count). The molecule has 0 saturated heterocycles. The van der Waals surface area contributed by atoms with E-state index < -0.39 is 0 Å². The van der Waals surface area contributed by atoms with E-state index in [9.17, 15) is 0 Å². The number of nitrogens with zero attached hydrogens (tertiary/aromatic N) is 1. The van der Waals surface area contributed by atoms with E-state index in [-0.39, 0.29) is 0 Å². The lowest BCUT2D eigenvalue weighted by molar-refractivity contribution is -0.576. The summed E-state index contributed by atoms with van der Waals surface area (Å²) in [7, 11) is 0. The van der Waals surface area contributed by atoms with Crippen LogP contribution < -0.4 is 4.57 Å². The molecule has 0 saturated carbocycles. The number of nitrogens with one attached hydrogen (secondary N) is 1. The summed E-state index contributed by atoms with van der Waals surface area (Å²) in [6.45, 7) is 2.21. The van der Waals surface area contributed by atoms with Gasteiger partial charge in [-0.1, -0.05) is 134 Å². The SMILES string of the molecule is CCc1[nH]c2ccccc2[n+]1-c1ccc2cc(-c3cc(-c4ccccc4)c4c(c3-c3ccccc3)-c3cccc5cccc-4c35)ccc2c1. The van der Waals surface area contributed by atoms with Gasteiger partial charge in [-0.25, -0.2) is 4.98 Å². The van der Waals surface area contributed by atoms with Crippen molar-refractivity contribution in [2.45, 2.75) is 13.3 Å². The van der Waals surface area contributed by atoms with Crippen LogP contribution >= 0.6 is 0 Å². The predicted octanol–water partition coefficient (Wildman–Crippen LogP) is 12.0. The Labute approximate surface area is 285 Å². The van der Waals surface area contributed by atoms with Gasteiger partial charge in [0.25, 0.3) is 5.82 Å². The number of para-hydroxylation sites is 2. The van der Waals surface area contributed by atoms with Gasteiger partial charge < -0.3 is 0 Å². The first-order chi connectivity index (χ1) is 24.3. The number of hydrogen-bond donors (Lipinski definition) is 1. The Kier molecular flexibility index (Phi) is 6.19. The van der Waals surface area contributed by atoms with Gasteiger partial charge in [-0.3, -0.25) is 0 Å². The number of rotatable bonds is 5. The van der Waals surface area contributed by atoms with Crippen molar-refractivity contribution < 1.29 is 4.57 Å². The molecule has 49 heavy (non-hydrogen) atoms. The maximum atomic E-state index is 3.63. The van der Waals surface area contributed by atoms with E-state index in [0.717, 1.165) is 11.9 Å². The van der Waals surface area contributed by atoms with Crippen LogP contribution in [0.25, 0.3) is 93.9 Å². The molecule has 0 radical (unpaired) electrons. The van der Waals surface area contributed by atoms with E-state index in [1.54, 1.807) is 0 Å². The van der Waals surface area contributed by atoms with Crippen LogP contribution in [0, 0.1) is 0 Å². The minimum absolute atomic E-state index is 0.924. The number of imidazole rings is 1. The molecule has 1 heterocycles. The summed E-state index contributed by atoms with van der Waals surface area (Å²) in [6.07, 6.45) is 0.924. The summed E-state index contributed by atoms with van der Waals surface area (Å²) >= 11 is 0. The predicted molar refractivity (Wildman–Crippen MR) is 205 cm³/mol. The van der Waals surface area contributed by atoms with E-state index in [0.29, 0.717) is 0 Å². The summed E-state index contributed by atoms with van der Waals surface area (Å²) in [4.78, 5) is 3.63. The standard InChI is InChI=1S/C47H32N2/c1-2-43-48-41-21-9-10-22-42(41)49(43)36-26-25-33-27-35(24-23-34(33)28-36)40-29-39(30-13-5-3-6-14-30)46-37-19-11-17-31-18-12-20-38(44(31)37)47(46)45(40)32-15-7-4-8-16-32/h3-29H,2H2,1H3/p+1. The summed E-state index contributed by atoms with van der Waals surface area (Å²) in [5.74, 6) is 1.20. The van der Waals surface area contributed by atoms with Gasteiger partial charge in [0.1, 0.15) is 5.69 Å². The summed E-state index contributed by atoms with van der Waals surface area (Å²) in [5.41, 5.74) is 16.3. The van der Waals surface area contributed by atoms with Crippen molar-refractivity contribution in [1.29, 1.82) is 0 Å². The number of fused-ring (bicyclic) bond motifs is 5. The molecule has 1 aliphatic carbocycles. The third-order valence-corrected chi connectivity index (χ3v) is 10.3. The van der Waals surface area contributed by atoms with Crippen molar-refractivity contribution in [1.82, 2.24) is 4.98 Å². The fourth-order valence-corrected chi connectivity index (χ4v) is 8.18. The van der Waals surface area contributed by atoms with Crippen LogP contribution in [0.5, 0.6) is 0 Å². The van der Waals surface area contributed by atoms with Crippen molar-refractivity contribution in [2.75, 3.05) is 0 Å². The normalized spacial score (nSPS) is 11.9.